The number of anilines is 1. The number of fused-ring (bicyclic) bond motifs is 1. The van der Waals surface area contributed by atoms with Crippen LogP contribution in [0.2, 0.25) is 0 Å². The number of nitrogens with zero attached hydrogens (tertiary/aromatic N) is 1. The number of rotatable bonds is 3. The highest BCUT2D eigenvalue weighted by molar-refractivity contribution is 5.52. The molecule has 2 nitrogen and oxygen atoms in total. The van der Waals surface area contributed by atoms with E-state index in [0.717, 1.165) is 19.5 Å². The molecule has 0 aromatic heterocycles. The second-order valence-corrected chi connectivity index (χ2v) is 5.47. The summed E-state index contributed by atoms with van der Waals surface area (Å²) in [7, 11) is 0. The Balaban J connectivity index is 1.75. The molecule has 1 atom stereocenters. The molecule has 2 aromatic carbocycles. The third-order valence-corrected chi connectivity index (χ3v) is 3.70. The molecule has 1 aliphatic heterocycles. The van der Waals surface area contributed by atoms with Gasteiger partial charge in [0.2, 0.25) is 0 Å². The molecule has 0 bridgehead atoms. The summed E-state index contributed by atoms with van der Waals surface area (Å²) in [5.41, 5.74) is 11.3. The predicted octanol–water partition coefficient (Wildman–Crippen LogP) is 3.10. The van der Waals surface area contributed by atoms with Gasteiger partial charge in [0.05, 0.1) is 0 Å². The van der Waals surface area contributed by atoms with Crippen molar-refractivity contribution in [1.82, 2.24) is 0 Å². The molecule has 1 unspecified atom stereocenters. The van der Waals surface area contributed by atoms with E-state index in [0.29, 0.717) is 0 Å². The van der Waals surface area contributed by atoms with Crippen LogP contribution in [0.5, 0.6) is 0 Å². The lowest BCUT2D eigenvalue weighted by Gasteiger charge is -2.18. The summed E-state index contributed by atoms with van der Waals surface area (Å²) in [6, 6.07) is 17.7. The summed E-state index contributed by atoms with van der Waals surface area (Å²) in [6.07, 6.45) is 0.945. The molecule has 1 aliphatic rings. The molecule has 19 heavy (non-hydrogen) atoms. The molecular formula is C17H20N2. The minimum atomic E-state index is 0.224. The van der Waals surface area contributed by atoms with E-state index in [4.69, 9.17) is 5.73 Å². The summed E-state index contributed by atoms with van der Waals surface area (Å²) in [6.45, 7) is 4.08. The Morgan fingerprint density at radius 3 is 2.11 bits per heavy atom. The van der Waals surface area contributed by atoms with Crippen molar-refractivity contribution in [2.24, 2.45) is 5.73 Å². The monoisotopic (exact) mass is 252 g/mol. The van der Waals surface area contributed by atoms with Crippen molar-refractivity contribution in [3.63, 3.8) is 0 Å². The first-order valence-electron chi connectivity index (χ1n) is 6.88. The van der Waals surface area contributed by atoms with Gasteiger partial charge in [-0.2, -0.15) is 0 Å². The molecule has 0 aliphatic carbocycles. The highest BCUT2D eigenvalue weighted by atomic mass is 15.1. The lowest BCUT2D eigenvalue weighted by Crippen LogP contribution is -2.18. The van der Waals surface area contributed by atoms with Crippen LogP contribution in [-0.4, -0.2) is 6.04 Å². The van der Waals surface area contributed by atoms with Gasteiger partial charge in [-0.3, -0.25) is 0 Å². The van der Waals surface area contributed by atoms with E-state index < -0.39 is 0 Å². The van der Waals surface area contributed by atoms with Crippen molar-refractivity contribution in [2.75, 3.05) is 4.90 Å². The minimum absolute atomic E-state index is 0.224. The third-order valence-electron chi connectivity index (χ3n) is 3.70. The molecule has 2 aromatic rings. The van der Waals surface area contributed by atoms with Gasteiger partial charge in [-0.15, -0.1) is 0 Å². The Kier molecular flexibility index (Phi) is 3.26. The van der Waals surface area contributed by atoms with Gasteiger partial charge >= 0.3 is 0 Å². The van der Waals surface area contributed by atoms with Gasteiger partial charge in [0, 0.05) is 24.8 Å². The van der Waals surface area contributed by atoms with Crippen LogP contribution in [0.4, 0.5) is 5.69 Å². The number of hydrogen-bond donors (Lipinski definition) is 1. The molecule has 0 radical (unpaired) electrons. The Bertz CT molecular complexity index is 533. The second kappa shape index (κ2) is 5.06. The number of hydrogen-bond acceptors (Lipinski definition) is 2. The molecule has 2 heteroatoms. The molecule has 0 saturated heterocycles. The lowest BCUT2D eigenvalue weighted by molar-refractivity contribution is 0.738. The average Bonchev–Trinajstić information content (AvgIpc) is 2.82. The fourth-order valence-corrected chi connectivity index (χ4v) is 2.73. The van der Waals surface area contributed by atoms with Crippen LogP contribution in [0.15, 0.2) is 48.5 Å². The molecule has 0 fully saturated rings. The van der Waals surface area contributed by atoms with E-state index in [1.54, 1.807) is 0 Å². The first-order chi connectivity index (χ1) is 9.22. The quantitative estimate of drug-likeness (QED) is 0.909. The molecule has 98 valence electrons. The van der Waals surface area contributed by atoms with Crippen molar-refractivity contribution >= 4 is 5.69 Å². The van der Waals surface area contributed by atoms with E-state index in [1.165, 1.54) is 22.4 Å². The SMILES string of the molecule is CC(N)Cc1ccc(N2Cc3ccccc3C2)cc1. The fraction of sp³-hybridized carbons (Fsp3) is 0.294. The van der Waals surface area contributed by atoms with E-state index in [9.17, 15) is 0 Å². The minimum Gasteiger partial charge on any atom is -0.363 e. The maximum absolute atomic E-state index is 5.83. The lowest BCUT2D eigenvalue weighted by atomic mass is 10.1. The smallest absolute Gasteiger partial charge is 0.0436 e. The van der Waals surface area contributed by atoms with Crippen molar-refractivity contribution in [3.8, 4) is 0 Å². The van der Waals surface area contributed by atoms with Gasteiger partial charge < -0.3 is 10.6 Å². The van der Waals surface area contributed by atoms with E-state index in [1.807, 2.05) is 6.92 Å². The summed E-state index contributed by atoms with van der Waals surface area (Å²) >= 11 is 0. The number of nitrogens with two attached hydrogens (primary N) is 1. The second-order valence-electron chi connectivity index (χ2n) is 5.47. The van der Waals surface area contributed by atoms with Crippen LogP contribution >= 0.6 is 0 Å². The molecule has 3 rings (SSSR count). The van der Waals surface area contributed by atoms with E-state index >= 15 is 0 Å². The van der Waals surface area contributed by atoms with Crippen LogP contribution in [0, 0.1) is 0 Å². The standard InChI is InChI=1S/C17H20N2/c1-13(18)10-14-6-8-17(9-7-14)19-11-15-4-2-3-5-16(15)12-19/h2-9,13H,10-12,18H2,1H3. The average molecular weight is 252 g/mol. The van der Waals surface area contributed by atoms with Crippen molar-refractivity contribution in [1.29, 1.82) is 0 Å². The van der Waals surface area contributed by atoms with Crippen LogP contribution < -0.4 is 10.6 Å². The van der Waals surface area contributed by atoms with Crippen LogP contribution in [-0.2, 0) is 19.5 Å². The van der Waals surface area contributed by atoms with Crippen molar-refractivity contribution in [2.45, 2.75) is 32.5 Å². The van der Waals surface area contributed by atoms with Gasteiger partial charge in [-0.05, 0) is 42.2 Å². The Morgan fingerprint density at radius 2 is 1.58 bits per heavy atom. The first-order valence-corrected chi connectivity index (χ1v) is 6.88. The van der Waals surface area contributed by atoms with Gasteiger partial charge in [0.15, 0.2) is 0 Å². The van der Waals surface area contributed by atoms with Crippen LogP contribution in [0.3, 0.4) is 0 Å². The summed E-state index contributed by atoms with van der Waals surface area (Å²) in [4.78, 5) is 2.42. The predicted molar refractivity (Wildman–Crippen MR) is 80.1 cm³/mol. The Labute approximate surface area is 114 Å². The first kappa shape index (κ1) is 12.2. The van der Waals surface area contributed by atoms with E-state index in [2.05, 4.69) is 53.4 Å². The molecule has 0 spiro atoms. The van der Waals surface area contributed by atoms with E-state index in [-0.39, 0.29) is 6.04 Å². The Morgan fingerprint density at radius 1 is 1.00 bits per heavy atom. The zero-order chi connectivity index (χ0) is 13.2. The highest BCUT2D eigenvalue weighted by Gasteiger charge is 2.18. The molecule has 1 heterocycles. The summed E-state index contributed by atoms with van der Waals surface area (Å²) in [5.74, 6) is 0. The van der Waals surface area contributed by atoms with Crippen LogP contribution in [0.25, 0.3) is 0 Å². The topological polar surface area (TPSA) is 29.3 Å². The molecule has 0 amide bonds. The molecular weight excluding hydrogens is 232 g/mol. The van der Waals surface area contributed by atoms with Crippen molar-refractivity contribution in [3.05, 3.63) is 65.2 Å². The zero-order valence-electron chi connectivity index (χ0n) is 11.3. The third kappa shape index (κ3) is 2.64. The highest BCUT2D eigenvalue weighted by Crippen LogP contribution is 2.28. The van der Waals surface area contributed by atoms with Gasteiger partial charge in [-0.25, -0.2) is 0 Å². The van der Waals surface area contributed by atoms with Gasteiger partial charge in [0.25, 0.3) is 0 Å². The van der Waals surface area contributed by atoms with Gasteiger partial charge in [-0.1, -0.05) is 36.4 Å². The summed E-state index contributed by atoms with van der Waals surface area (Å²) in [5, 5.41) is 0. The fourth-order valence-electron chi connectivity index (χ4n) is 2.73. The number of benzene rings is 2. The maximum Gasteiger partial charge on any atom is 0.0436 e. The molecule has 2 N–H and O–H groups in total. The normalized spacial score (nSPS) is 15.4. The maximum atomic E-state index is 5.83. The van der Waals surface area contributed by atoms with Crippen LogP contribution in [0.1, 0.15) is 23.6 Å². The zero-order valence-corrected chi connectivity index (χ0v) is 11.3. The summed E-state index contributed by atoms with van der Waals surface area (Å²) < 4.78 is 0. The molecule has 0 saturated carbocycles. The Hall–Kier alpha value is -1.80. The van der Waals surface area contributed by atoms with Crippen molar-refractivity contribution < 1.29 is 0 Å². The largest absolute Gasteiger partial charge is 0.363 e. The van der Waals surface area contributed by atoms with Gasteiger partial charge in [0.1, 0.15) is 0 Å².